The van der Waals surface area contributed by atoms with Crippen LogP contribution in [0, 0.1) is 17.3 Å². The number of fused-ring (bicyclic) bond motifs is 4. The van der Waals surface area contributed by atoms with Gasteiger partial charge in [-0.15, -0.1) is 0 Å². The van der Waals surface area contributed by atoms with Gasteiger partial charge in [0, 0.05) is 43.2 Å². The number of benzene rings is 1. The lowest BCUT2D eigenvalue weighted by atomic mass is 9.51. The number of anilines is 1. The Morgan fingerprint density at radius 2 is 2.00 bits per heavy atom. The van der Waals surface area contributed by atoms with Crippen molar-refractivity contribution in [2.45, 2.75) is 57.2 Å². The number of carbonyl (C=O) groups excluding carboxylic acids is 2. The van der Waals surface area contributed by atoms with E-state index >= 15 is 0 Å². The van der Waals surface area contributed by atoms with Gasteiger partial charge in [-0.1, -0.05) is 19.1 Å². The fraction of sp³-hybridized carbons (Fsp3) is 0.667. The van der Waals surface area contributed by atoms with Crippen LogP contribution in [0.15, 0.2) is 24.3 Å². The molecule has 3 heterocycles. The summed E-state index contributed by atoms with van der Waals surface area (Å²) in [5.74, 6) is 0.746. The molecule has 5 atom stereocenters. The Bertz CT molecular complexity index is 903. The molecule has 0 unspecified atom stereocenters. The Balaban J connectivity index is 1.24. The molecule has 2 bridgehead atoms. The molecule has 1 aromatic rings. The average Bonchev–Trinajstić information content (AvgIpc) is 3.21. The maximum absolute atomic E-state index is 13.7. The van der Waals surface area contributed by atoms with Crippen molar-refractivity contribution in [3.63, 3.8) is 0 Å². The van der Waals surface area contributed by atoms with Gasteiger partial charge in [0.1, 0.15) is 5.66 Å². The predicted molar refractivity (Wildman–Crippen MR) is 115 cm³/mol. The molecule has 3 saturated carbocycles. The zero-order valence-corrected chi connectivity index (χ0v) is 17.8. The van der Waals surface area contributed by atoms with Crippen LogP contribution in [0.25, 0.3) is 0 Å². The molecule has 5 fully saturated rings. The molecular formula is C24H32N4O2. The summed E-state index contributed by atoms with van der Waals surface area (Å²) in [4.78, 5) is 31.3. The summed E-state index contributed by atoms with van der Waals surface area (Å²) in [6.07, 6.45) is 6.32. The summed E-state index contributed by atoms with van der Waals surface area (Å²) in [6, 6.07) is 8.34. The Labute approximate surface area is 178 Å². The van der Waals surface area contributed by atoms with Crippen LogP contribution in [-0.2, 0) is 4.79 Å². The largest absolute Gasteiger partial charge is 0.362 e. The van der Waals surface area contributed by atoms with E-state index in [2.05, 4.69) is 27.4 Å². The second kappa shape index (κ2) is 6.46. The first-order valence-electron chi connectivity index (χ1n) is 11.7. The Morgan fingerprint density at radius 3 is 2.87 bits per heavy atom. The van der Waals surface area contributed by atoms with Crippen LogP contribution in [0.4, 0.5) is 5.69 Å². The van der Waals surface area contributed by atoms with Crippen molar-refractivity contribution >= 4 is 17.5 Å². The normalized spacial score (nSPS) is 40.0. The summed E-state index contributed by atoms with van der Waals surface area (Å²) in [5, 5.41) is 7.04. The Morgan fingerprint density at radius 1 is 1.13 bits per heavy atom. The molecule has 6 nitrogen and oxygen atoms in total. The van der Waals surface area contributed by atoms with Crippen LogP contribution in [0.5, 0.6) is 0 Å². The number of hydrogen-bond donors (Lipinski definition) is 2. The van der Waals surface area contributed by atoms with Crippen molar-refractivity contribution in [3.8, 4) is 0 Å². The molecule has 6 heteroatoms. The van der Waals surface area contributed by atoms with Gasteiger partial charge in [0.25, 0.3) is 5.91 Å². The lowest BCUT2D eigenvalue weighted by molar-refractivity contribution is -0.153. The van der Waals surface area contributed by atoms with Crippen molar-refractivity contribution in [2.75, 3.05) is 31.5 Å². The van der Waals surface area contributed by atoms with Crippen molar-refractivity contribution in [3.05, 3.63) is 29.8 Å². The Hall–Kier alpha value is -2.08. The zero-order chi connectivity index (χ0) is 20.5. The van der Waals surface area contributed by atoms with Gasteiger partial charge in [0.15, 0.2) is 0 Å². The van der Waals surface area contributed by atoms with E-state index in [9.17, 15) is 9.59 Å². The zero-order valence-electron chi connectivity index (χ0n) is 17.8. The highest BCUT2D eigenvalue weighted by Gasteiger charge is 2.60. The van der Waals surface area contributed by atoms with E-state index in [0.717, 1.165) is 56.6 Å². The SMILES string of the molecule is C[C@@]12CC[C@@H](C[C@@H]1C(=O)N1CCN3CCC[C@H]3C1)[C@]1(C2)NC(=O)c2ccccc2N1. The van der Waals surface area contributed by atoms with E-state index in [0.29, 0.717) is 17.9 Å². The standard InChI is InChI=1S/C24H32N4O2/c1-23-9-8-16(24(15-23)25-20-7-3-2-6-18(20)21(29)26-24)13-19(23)22(30)28-12-11-27-10-4-5-17(27)14-28/h2-3,6-7,16-17,19,25H,4-5,8-15H2,1H3,(H,26,29)/t16-,17-,19+,23-,24-/m0/s1. The number of carbonyl (C=O) groups is 2. The molecule has 0 radical (unpaired) electrons. The fourth-order valence-corrected chi connectivity index (χ4v) is 7.24. The second-order valence-corrected chi connectivity index (χ2v) is 10.6. The molecule has 0 aromatic heterocycles. The van der Waals surface area contributed by atoms with Crippen LogP contribution >= 0.6 is 0 Å². The number of piperazine rings is 1. The lowest BCUT2D eigenvalue weighted by Crippen LogP contribution is -2.70. The van der Waals surface area contributed by atoms with Gasteiger partial charge < -0.3 is 15.5 Å². The molecule has 7 rings (SSSR count). The summed E-state index contributed by atoms with van der Waals surface area (Å²) >= 11 is 0. The third-order valence-corrected chi connectivity index (χ3v) is 8.87. The third-order valence-electron chi connectivity index (χ3n) is 8.87. The molecule has 3 aliphatic heterocycles. The minimum absolute atomic E-state index is 0.0146. The second-order valence-electron chi connectivity index (χ2n) is 10.6. The lowest BCUT2D eigenvalue weighted by Gasteiger charge is -2.61. The fourth-order valence-electron chi connectivity index (χ4n) is 7.24. The highest BCUT2D eigenvalue weighted by atomic mass is 16.2. The van der Waals surface area contributed by atoms with Crippen LogP contribution in [-0.4, -0.2) is 59.5 Å². The van der Waals surface area contributed by atoms with Crippen molar-refractivity contribution in [1.82, 2.24) is 15.1 Å². The first-order valence-corrected chi connectivity index (χ1v) is 11.7. The number of amides is 2. The molecule has 2 amide bonds. The minimum Gasteiger partial charge on any atom is -0.362 e. The smallest absolute Gasteiger partial charge is 0.255 e. The topological polar surface area (TPSA) is 64.7 Å². The first kappa shape index (κ1) is 18.7. The van der Waals surface area contributed by atoms with Gasteiger partial charge in [-0.2, -0.15) is 0 Å². The summed E-state index contributed by atoms with van der Waals surface area (Å²) in [7, 11) is 0. The van der Waals surface area contributed by atoms with Crippen molar-refractivity contribution < 1.29 is 9.59 Å². The molecule has 30 heavy (non-hydrogen) atoms. The molecule has 1 spiro atoms. The number of rotatable bonds is 1. The Kier molecular flexibility index (Phi) is 4.02. The molecule has 1 aromatic carbocycles. The summed E-state index contributed by atoms with van der Waals surface area (Å²) in [5.41, 5.74) is 1.15. The van der Waals surface area contributed by atoms with Crippen LogP contribution in [0.1, 0.15) is 55.8 Å². The molecule has 2 N–H and O–H groups in total. The van der Waals surface area contributed by atoms with E-state index in [1.54, 1.807) is 0 Å². The van der Waals surface area contributed by atoms with Gasteiger partial charge in [0.2, 0.25) is 5.91 Å². The van der Waals surface area contributed by atoms with Gasteiger partial charge >= 0.3 is 0 Å². The predicted octanol–water partition coefficient (Wildman–Crippen LogP) is 2.67. The van der Waals surface area contributed by atoms with Crippen molar-refractivity contribution in [2.24, 2.45) is 17.3 Å². The number of hydrogen-bond acceptors (Lipinski definition) is 4. The van der Waals surface area contributed by atoms with Crippen LogP contribution in [0.3, 0.4) is 0 Å². The average molecular weight is 409 g/mol. The first-order chi connectivity index (χ1) is 14.5. The minimum atomic E-state index is -0.417. The van der Waals surface area contributed by atoms with Crippen molar-refractivity contribution in [1.29, 1.82) is 0 Å². The van der Waals surface area contributed by atoms with Crippen LogP contribution < -0.4 is 10.6 Å². The maximum Gasteiger partial charge on any atom is 0.255 e. The monoisotopic (exact) mass is 408 g/mol. The highest BCUT2D eigenvalue weighted by Crippen LogP contribution is 2.58. The third kappa shape index (κ3) is 2.65. The highest BCUT2D eigenvalue weighted by molar-refractivity contribution is 6.02. The number of nitrogens with one attached hydrogen (secondary N) is 2. The molecule has 2 saturated heterocycles. The molecule has 160 valence electrons. The molecule has 3 aliphatic carbocycles. The van der Waals surface area contributed by atoms with Gasteiger partial charge in [-0.25, -0.2) is 0 Å². The van der Waals surface area contributed by atoms with E-state index in [-0.39, 0.29) is 17.2 Å². The van der Waals surface area contributed by atoms with Crippen LogP contribution in [0.2, 0.25) is 0 Å². The van der Waals surface area contributed by atoms with E-state index in [4.69, 9.17) is 0 Å². The summed E-state index contributed by atoms with van der Waals surface area (Å²) < 4.78 is 0. The van der Waals surface area contributed by atoms with Gasteiger partial charge in [-0.3, -0.25) is 14.5 Å². The molecular weight excluding hydrogens is 376 g/mol. The van der Waals surface area contributed by atoms with E-state index in [1.165, 1.54) is 19.4 Å². The van der Waals surface area contributed by atoms with E-state index in [1.807, 2.05) is 24.3 Å². The van der Waals surface area contributed by atoms with E-state index < -0.39 is 5.66 Å². The quantitative estimate of drug-likeness (QED) is 0.750. The van der Waals surface area contributed by atoms with Gasteiger partial charge in [-0.05, 0) is 62.6 Å². The summed E-state index contributed by atoms with van der Waals surface area (Å²) in [6.45, 7) is 6.30. The maximum atomic E-state index is 13.7. The van der Waals surface area contributed by atoms with Gasteiger partial charge in [0.05, 0.1) is 5.56 Å². The number of nitrogens with zero attached hydrogens (tertiary/aromatic N) is 2. The number of para-hydroxylation sites is 1. The molecule has 6 aliphatic rings.